The standard InChI is InChI=1S/C18H21BrN2O/c19-18-14-10-20-21(16-3-1-2-8-22-16)15(14)9-12-6-7-13(17(12)18)11-4-5-11/h9-11,13,16H,1-8H2. The van der Waals surface area contributed by atoms with Gasteiger partial charge in [0, 0.05) is 16.5 Å². The third-order valence-electron chi connectivity index (χ3n) is 5.68. The molecule has 1 saturated carbocycles. The van der Waals surface area contributed by atoms with Crippen molar-refractivity contribution in [3.63, 3.8) is 0 Å². The van der Waals surface area contributed by atoms with Crippen LogP contribution in [0.4, 0.5) is 0 Å². The van der Waals surface area contributed by atoms with Gasteiger partial charge in [-0.05, 0) is 89.9 Å². The summed E-state index contributed by atoms with van der Waals surface area (Å²) in [5.74, 6) is 1.72. The number of fused-ring (bicyclic) bond motifs is 2. The Morgan fingerprint density at radius 3 is 2.86 bits per heavy atom. The molecular formula is C18H21BrN2O. The third-order valence-corrected chi connectivity index (χ3v) is 6.53. The van der Waals surface area contributed by atoms with Crippen LogP contribution in [0.2, 0.25) is 0 Å². The lowest BCUT2D eigenvalue weighted by Gasteiger charge is -2.23. The zero-order chi connectivity index (χ0) is 14.7. The van der Waals surface area contributed by atoms with Gasteiger partial charge in [-0.1, -0.05) is 0 Å². The Kier molecular flexibility index (Phi) is 3.12. The fourth-order valence-corrected chi connectivity index (χ4v) is 5.25. The molecule has 4 heteroatoms. The van der Waals surface area contributed by atoms with Gasteiger partial charge in [0.2, 0.25) is 0 Å². The van der Waals surface area contributed by atoms with Crippen LogP contribution < -0.4 is 0 Å². The molecule has 2 aliphatic carbocycles. The summed E-state index contributed by atoms with van der Waals surface area (Å²) in [7, 11) is 0. The summed E-state index contributed by atoms with van der Waals surface area (Å²) in [4.78, 5) is 0. The number of nitrogens with zero attached hydrogens (tertiary/aromatic N) is 2. The zero-order valence-electron chi connectivity index (χ0n) is 12.7. The molecule has 0 radical (unpaired) electrons. The quantitative estimate of drug-likeness (QED) is 0.758. The molecule has 2 aromatic rings. The van der Waals surface area contributed by atoms with Gasteiger partial charge in [-0.2, -0.15) is 5.10 Å². The van der Waals surface area contributed by atoms with Crippen LogP contribution in [0.15, 0.2) is 16.7 Å². The summed E-state index contributed by atoms with van der Waals surface area (Å²) in [5.41, 5.74) is 4.36. The second-order valence-corrected chi connectivity index (χ2v) is 7.88. The lowest BCUT2D eigenvalue weighted by atomic mass is 9.95. The summed E-state index contributed by atoms with van der Waals surface area (Å²) >= 11 is 3.91. The molecule has 5 rings (SSSR count). The van der Waals surface area contributed by atoms with E-state index in [4.69, 9.17) is 4.74 Å². The lowest BCUT2D eigenvalue weighted by Crippen LogP contribution is -2.19. The maximum Gasteiger partial charge on any atom is 0.150 e. The number of aromatic nitrogens is 2. The molecule has 0 bridgehead atoms. The van der Waals surface area contributed by atoms with E-state index in [1.54, 1.807) is 5.56 Å². The first-order valence-corrected chi connectivity index (χ1v) is 9.42. The summed E-state index contributed by atoms with van der Waals surface area (Å²) < 4.78 is 9.36. The minimum Gasteiger partial charge on any atom is -0.356 e. The van der Waals surface area contributed by atoms with Gasteiger partial charge in [0.15, 0.2) is 6.23 Å². The molecule has 2 fully saturated rings. The topological polar surface area (TPSA) is 27.1 Å². The molecule has 2 heterocycles. The Bertz CT molecular complexity index is 728. The molecule has 3 aliphatic rings. The van der Waals surface area contributed by atoms with Gasteiger partial charge in [0.05, 0.1) is 11.7 Å². The van der Waals surface area contributed by atoms with Gasteiger partial charge in [0.1, 0.15) is 0 Å². The molecule has 1 aliphatic heterocycles. The van der Waals surface area contributed by atoms with E-state index in [2.05, 4.69) is 31.8 Å². The number of halogens is 1. The molecule has 22 heavy (non-hydrogen) atoms. The van der Waals surface area contributed by atoms with Crippen molar-refractivity contribution >= 4 is 26.8 Å². The average Bonchev–Trinajstić information content (AvgIpc) is 3.16. The van der Waals surface area contributed by atoms with Crippen LogP contribution in [-0.2, 0) is 11.2 Å². The Hall–Kier alpha value is -0.870. The van der Waals surface area contributed by atoms with E-state index in [1.165, 1.54) is 59.5 Å². The molecule has 1 saturated heterocycles. The second kappa shape index (κ2) is 5.07. The zero-order valence-corrected chi connectivity index (χ0v) is 14.3. The number of hydrogen-bond acceptors (Lipinski definition) is 2. The first-order chi connectivity index (χ1) is 10.8. The highest BCUT2D eigenvalue weighted by Gasteiger charge is 2.38. The Morgan fingerprint density at radius 1 is 1.18 bits per heavy atom. The van der Waals surface area contributed by atoms with Gasteiger partial charge < -0.3 is 4.74 Å². The molecular weight excluding hydrogens is 340 g/mol. The predicted octanol–water partition coefficient (Wildman–Crippen LogP) is 4.94. The minimum atomic E-state index is 0.122. The fraction of sp³-hybridized carbons (Fsp3) is 0.611. The lowest BCUT2D eigenvalue weighted by molar-refractivity contribution is -0.0366. The van der Waals surface area contributed by atoms with Crippen LogP contribution in [0.5, 0.6) is 0 Å². The molecule has 2 unspecified atom stereocenters. The van der Waals surface area contributed by atoms with E-state index >= 15 is 0 Å². The van der Waals surface area contributed by atoms with Gasteiger partial charge in [-0.15, -0.1) is 0 Å². The van der Waals surface area contributed by atoms with Crippen LogP contribution in [-0.4, -0.2) is 16.4 Å². The van der Waals surface area contributed by atoms with Crippen molar-refractivity contribution in [1.82, 2.24) is 9.78 Å². The van der Waals surface area contributed by atoms with Crippen molar-refractivity contribution in [1.29, 1.82) is 0 Å². The van der Waals surface area contributed by atoms with Crippen LogP contribution in [0.25, 0.3) is 10.9 Å². The summed E-state index contributed by atoms with van der Waals surface area (Å²) in [6.07, 6.45) is 11.0. The van der Waals surface area contributed by atoms with Gasteiger partial charge in [-0.25, -0.2) is 4.68 Å². The SMILES string of the molecule is Brc1c2c(cc3c1cnn3C1CCCCO1)CCC2C1CC1. The van der Waals surface area contributed by atoms with E-state index in [-0.39, 0.29) is 6.23 Å². The van der Waals surface area contributed by atoms with E-state index in [1.807, 2.05) is 6.20 Å². The number of hydrogen-bond donors (Lipinski definition) is 0. The summed E-state index contributed by atoms with van der Waals surface area (Å²) in [6, 6.07) is 2.39. The first kappa shape index (κ1) is 13.6. The molecule has 1 aromatic carbocycles. The maximum absolute atomic E-state index is 5.94. The molecule has 1 aromatic heterocycles. The fourth-order valence-electron chi connectivity index (χ4n) is 4.39. The average molecular weight is 361 g/mol. The van der Waals surface area contributed by atoms with E-state index in [9.17, 15) is 0 Å². The minimum absolute atomic E-state index is 0.122. The van der Waals surface area contributed by atoms with Crippen LogP contribution in [0, 0.1) is 5.92 Å². The van der Waals surface area contributed by atoms with E-state index < -0.39 is 0 Å². The molecule has 116 valence electrons. The van der Waals surface area contributed by atoms with Crippen LogP contribution >= 0.6 is 15.9 Å². The van der Waals surface area contributed by atoms with Crippen molar-refractivity contribution in [3.8, 4) is 0 Å². The predicted molar refractivity (Wildman–Crippen MR) is 90.1 cm³/mol. The summed E-state index contributed by atoms with van der Waals surface area (Å²) in [6.45, 7) is 0.863. The van der Waals surface area contributed by atoms with Gasteiger partial charge in [0.25, 0.3) is 0 Å². The molecule has 2 atom stereocenters. The van der Waals surface area contributed by atoms with Gasteiger partial charge >= 0.3 is 0 Å². The molecule has 3 nitrogen and oxygen atoms in total. The highest BCUT2D eigenvalue weighted by Crippen LogP contribution is 2.52. The largest absolute Gasteiger partial charge is 0.356 e. The number of aryl methyl sites for hydroxylation is 1. The van der Waals surface area contributed by atoms with Crippen molar-refractivity contribution < 1.29 is 4.74 Å². The van der Waals surface area contributed by atoms with Crippen LogP contribution in [0.1, 0.15) is 61.8 Å². The van der Waals surface area contributed by atoms with Crippen molar-refractivity contribution in [2.75, 3.05) is 6.61 Å². The summed E-state index contributed by atoms with van der Waals surface area (Å²) in [5, 5.41) is 5.93. The van der Waals surface area contributed by atoms with Crippen molar-refractivity contribution in [2.24, 2.45) is 5.92 Å². The Morgan fingerprint density at radius 2 is 2.09 bits per heavy atom. The number of benzene rings is 1. The Balaban J connectivity index is 1.63. The normalized spacial score (nSPS) is 28.2. The van der Waals surface area contributed by atoms with Crippen molar-refractivity contribution in [2.45, 2.75) is 57.1 Å². The molecule has 0 amide bonds. The number of ether oxygens (including phenoxy) is 1. The van der Waals surface area contributed by atoms with Crippen LogP contribution in [0.3, 0.4) is 0 Å². The first-order valence-electron chi connectivity index (χ1n) is 8.63. The third kappa shape index (κ3) is 2.00. The number of rotatable bonds is 2. The Labute approximate surface area is 139 Å². The van der Waals surface area contributed by atoms with E-state index in [0.717, 1.165) is 24.9 Å². The van der Waals surface area contributed by atoms with Crippen molar-refractivity contribution in [3.05, 3.63) is 27.9 Å². The second-order valence-electron chi connectivity index (χ2n) is 7.09. The smallest absolute Gasteiger partial charge is 0.150 e. The monoisotopic (exact) mass is 360 g/mol. The maximum atomic E-state index is 5.94. The van der Waals surface area contributed by atoms with Gasteiger partial charge in [-0.3, -0.25) is 0 Å². The molecule has 0 spiro atoms. The molecule has 0 N–H and O–H groups in total. The van der Waals surface area contributed by atoms with E-state index in [0.29, 0.717) is 0 Å². The highest BCUT2D eigenvalue weighted by molar-refractivity contribution is 9.10. The highest BCUT2D eigenvalue weighted by atomic mass is 79.9.